The first-order valence-corrected chi connectivity index (χ1v) is 13.0. The molecule has 1 unspecified atom stereocenters. The number of anilines is 1. The summed E-state index contributed by atoms with van der Waals surface area (Å²) >= 11 is 0. The molecule has 1 aromatic carbocycles. The van der Waals surface area contributed by atoms with Gasteiger partial charge in [-0.25, -0.2) is 9.18 Å². The molecule has 3 aliphatic heterocycles. The lowest BCUT2D eigenvalue weighted by Gasteiger charge is -2.32. The van der Waals surface area contributed by atoms with Gasteiger partial charge >= 0.3 is 5.69 Å². The number of amides is 1. The summed E-state index contributed by atoms with van der Waals surface area (Å²) in [6, 6.07) is 4.89. The SMILES string of the molecule is CNc1ccn(C2=C3C=C(CN4CC=C(c5c(C)cc(C(=O)N(C)C)cc5F)CC4)N(C)C3NC=C2)c(=O)n1. The number of fused-ring (bicyclic) bond motifs is 1. The highest BCUT2D eigenvalue weighted by Gasteiger charge is 2.32. The Balaban J connectivity index is 1.35. The van der Waals surface area contributed by atoms with Crippen molar-refractivity contribution >= 4 is 23.0 Å². The van der Waals surface area contributed by atoms with Gasteiger partial charge in [0.15, 0.2) is 0 Å². The van der Waals surface area contributed by atoms with Crippen molar-refractivity contribution in [1.82, 2.24) is 29.6 Å². The molecule has 0 aliphatic carbocycles. The molecular weight excluding hydrogens is 497 g/mol. The molecule has 39 heavy (non-hydrogen) atoms. The smallest absolute Gasteiger partial charge is 0.354 e. The van der Waals surface area contributed by atoms with Crippen LogP contribution in [-0.2, 0) is 0 Å². The average Bonchev–Trinajstić information content (AvgIpc) is 3.23. The summed E-state index contributed by atoms with van der Waals surface area (Å²) in [5.74, 6) is -0.0321. The van der Waals surface area contributed by atoms with Gasteiger partial charge in [0.05, 0.1) is 5.70 Å². The molecule has 9 nitrogen and oxygen atoms in total. The van der Waals surface area contributed by atoms with Gasteiger partial charge in [0.1, 0.15) is 17.8 Å². The van der Waals surface area contributed by atoms with Crippen LogP contribution >= 0.6 is 0 Å². The van der Waals surface area contributed by atoms with E-state index >= 15 is 4.39 Å². The number of rotatable bonds is 6. The largest absolute Gasteiger partial charge is 0.373 e. The number of nitrogens with zero attached hydrogens (tertiary/aromatic N) is 5. The second-order valence-corrected chi connectivity index (χ2v) is 10.3. The number of dihydropyridines is 1. The van der Waals surface area contributed by atoms with Crippen molar-refractivity contribution in [2.75, 3.05) is 53.1 Å². The number of halogens is 1. The highest BCUT2D eigenvalue weighted by Crippen LogP contribution is 2.33. The van der Waals surface area contributed by atoms with E-state index in [1.165, 1.54) is 11.0 Å². The third-order valence-corrected chi connectivity index (χ3v) is 7.51. The number of hydrogen-bond acceptors (Lipinski definition) is 7. The van der Waals surface area contributed by atoms with Crippen molar-refractivity contribution in [2.24, 2.45) is 0 Å². The quantitative estimate of drug-likeness (QED) is 0.593. The maximum Gasteiger partial charge on any atom is 0.354 e. The number of carbonyl (C=O) groups is 1. The van der Waals surface area contributed by atoms with E-state index in [9.17, 15) is 9.59 Å². The van der Waals surface area contributed by atoms with Crippen LogP contribution < -0.4 is 16.3 Å². The number of aryl methyl sites for hydroxylation is 1. The molecule has 1 aromatic heterocycles. The summed E-state index contributed by atoms with van der Waals surface area (Å²) in [6.07, 6.45) is 10.4. The lowest BCUT2D eigenvalue weighted by Crippen LogP contribution is -2.42. The maximum atomic E-state index is 15.1. The number of likely N-dealkylation sites (N-methyl/N-ethyl adjacent to an activating group) is 1. The first kappa shape index (κ1) is 26.4. The van der Waals surface area contributed by atoms with Gasteiger partial charge in [0, 0.05) is 82.6 Å². The van der Waals surface area contributed by atoms with Crippen LogP contribution in [0.5, 0.6) is 0 Å². The molecule has 5 rings (SSSR count). The van der Waals surface area contributed by atoms with Gasteiger partial charge in [-0.3, -0.25) is 14.3 Å². The summed E-state index contributed by atoms with van der Waals surface area (Å²) < 4.78 is 16.7. The molecule has 0 fully saturated rings. The fourth-order valence-corrected chi connectivity index (χ4v) is 5.41. The van der Waals surface area contributed by atoms with Crippen LogP contribution in [-0.4, -0.2) is 84.1 Å². The first-order valence-electron chi connectivity index (χ1n) is 13.0. The minimum absolute atomic E-state index is 0.0769. The number of aromatic nitrogens is 2. The summed E-state index contributed by atoms with van der Waals surface area (Å²) in [4.78, 5) is 35.0. The molecule has 1 amide bonds. The Morgan fingerprint density at radius 3 is 2.74 bits per heavy atom. The summed E-state index contributed by atoms with van der Waals surface area (Å²) in [5.41, 5.74) is 5.30. The molecule has 4 heterocycles. The van der Waals surface area contributed by atoms with Crippen LogP contribution in [0.4, 0.5) is 10.2 Å². The van der Waals surface area contributed by atoms with Crippen LogP contribution in [0.25, 0.3) is 11.3 Å². The third-order valence-electron chi connectivity index (χ3n) is 7.51. The number of benzene rings is 1. The topological polar surface area (TPSA) is 85.7 Å². The molecular formula is C29H34FN7O2. The molecule has 10 heteroatoms. The summed E-state index contributed by atoms with van der Waals surface area (Å²) in [6.45, 7) is 4.05. The van der Waals surface area contributed by atoms with E-state index < -0.39 is 0 Å². The minimum atomic E-state index is -0.354. The monoisotopic (exact) mass is 531 g/mol. The number of nitrogens with one attached hydrogen (secondary N) is 2. The van der Waals surface area contributed by atoms with Gasteiger partial charge in [-0.2, -0.15) is 4.98 Å². The third kappa shape index (κ3) is 4.99. The van der Waals surface area contributed by atoms with Crippen LogP contribution in [0.1, 0.15) is 27.9 Å². The zero-order chi connectivity index (χ0) is 27.8. The fourth-order valence-electron chi connectivity index (χ4n) is 5.41. The number of carbonyl (C=O) groups excluding carboxylic acids is 1. The molecule has 3 aliphatic rings. The Morgan fingerprint density at radius 1 is 1.31 bits per heavy atom. The lowest BCUT2D eigenvalue weighted by molar-refractivity contribution is 0.0827. The number of hydrogen-bond donors (Lipinski definition) is 2. The van der Waals surface area contributed by atoms with E-state index in [1.807, 2.05) is 26.2 Å². The normalized spacial score (nSPS) is 18.9. The zero-order valence-electron chi connectivity index (χ0n) is 23.0. The Hall–Kier alpha value is -4.18. The predicted molar refractivity (Wildman–Crippen MR) is 151 cm³/mol. The van der Waals surface area contributed by atoms with Crippen molar-refractivity contribution in [1.29, 1.82) is 0 Å². The Labute approximate surface area is 227 Å². The molecule has 2 N–H and O–H groups in total. The summed E-state index contributed by atoms with van der Waals surface area (Å²) in [5, 5.41) is 6.29. The van der Waals surface area contributed by atoms with E-state index in [1.54, 1.807) is 44.0 Å². The van der Waals surface area contributed by atoms with E-state index in [2.05, 4.69) is 37.6 Å². The van der Waals surface area contributed by atoms with Crippen LogP contribution in [0.3, 0.4) is 0 Å². The molecule has 2 aromatic rings. The second kappa shape index (κ2) is 10.5. The van der Waals surface area contributed by atoms with E-state index in [4.69, 9.17) is 0 Å². The minimum Gasteiger partial charge on any atom is -0.373 e. The fraction of sp³-hybridized carbons (Fsp3) is 0.345. The zero-order valence-corrected chi connectivity index (χ0v) is 23.0. The van der Waals surface area contributed by atoms with Gasteiger partial charge in [0.25, 0.3) is 5.91 Å². The Morgan fingerprint density at radius 2 is 2.10 bits per heavy atom. The lowest BCUT2D eigenvalue weighted by atomic mass is 9.93. The van der Waals surface area contributed by atoms with Crippen molar-refractivity contribution in [3.05, 3.63) is 93.1 Å². The molecule has 0 spiro atoms. The van der Waals surface area contributed by atoms with Crippen molar-refractivity contribution in [3.63, 3.8) is 0 Å². The Kier molecular flexibility index (Phi) is 7.14. The van der Waals surface area contributed by atoms with Crippen LogP contribution in [0.15, 0.2) is 64.9 Å². The predicted octanol–water partition coefficient (Wildman–Crippen LogP) is 2.71. The maximum absolute atomic E-state index is 15.1. The molecule has 0 radical (unpaired) electrons. The molecule has 0 saturated heterocycles. The molecule has 0 saturated carbocycles. The summed E-state index contributed by atoms with van der Waals surface area (Å²) in [7, 11) is 7.10. The van der Waals surface area contributed by atoms with Crippen molar-refractivity contribution < 1.29 is 9.18 Å². The van der Waals surface area contributed by atoms with Crippen molar-refractivity contribution in [2.45, 2.75) is 19.5 Å². The van der Waals surface area contributed by atoms with Gasteiger partial charge in [-0.1, -0.05) is 6.08 Å². The molecule has 1 atom stereocenters. The highest BCUT2D eigenvalue weighted by molar-refractivity contribution is 5.94. The van der Waals surface area contributed by atoms with Gasteiger partial charge < -0.3 is 20.4 Å². The van der Waals surface area contributed by atoms with E-state index in [0.29, 0.717) is 29.9 Å². The van der Waals surface area contributed by atoms with Gasteiger partial charge in [0.2, 0.25) is 0 Å². The van der Waals surface area contributed by atoms with Crippen LogP contribution in [0, 0.1) is 12.7 Å². The second-order valence-electron chi connectivity index (χ2n) is 10.3. The van der Waals surface area contributed by atoms with Gasteiger partial charge in [-0.05, 0) is 54.8 Å². The first-order chi connectivity index (χ1) is 18.7. The van der Waals surface area contributed by atoms with Crippen molar-refractivity contribution in [3.8, 4) is 0 Å². The average molecular weight is 532 g/mol. The number of allylic oxidation sites excluding steroid dienone is 2. The molecule has 204 valence electrons. The highest BCUT2D eigenvalue weighted by atomic mass is 19.1. The van der Waals surface area contributed by atoms with Crippen LogP contribution in [0.2, 0.25) is 0 Å². The van der Waals surface area contributed by atoms with Gasteiger partial charge in [-0.15, -0.1) is 0 Å². The van der Waals surface area contributed by atoms with E-state index in [-0.39, 0.29) is 23.6 Å². The Bertz CT molecular complexity index is 1480. The molecule has 0 bridgehead atoms. The van der Waals surface area contributed by atoms with E-state index in [0.717, 1.165) is 41.2 Å². The standard InChI is InChI=1S/C29H34FN7O2/c1-18-14-20(28(38)34(3)4)15-23(30)26(18)19-7-11-36(12-8-19)17-21-16-22-24(6-10-32-27(22)35(21)5)37-13-9-25(31-2)33-29(37)39/h6-7,9-10,13-16,27,32H,8,11-12,17H2,1-5H3,(H,31,33,39).